The number of hydrogen-bond donors (Lipinski definition) is 2. The molecule has 2 aromatic rings. The Morgan fingerprint density at radius 1 is 0.755 bits per heavy atom. The molecule has 2 N–H and O–H groups in total. The van der Waals surface area contributed by atoms with Crippen LogP contribution >= 0.6 is 0 Å². The second-order valence-corrected chi connectivity index (χ2v) is 12.3. The van der Waals surface area contributed by atoms with Gasteiger partial charge in [-0.1, -0.05) is 0 Å². The number of halogens is 2. The summed E-state index contributed by atoms with van der Waals surface area (Å²) in [6.45, 7) is 6.53. The van der Waals surface area contributed by atoms with Crippen molar-refractivity contribution in [1.29, 1.82) is 0 Å². The number of cyclic esters (lactones) is 2. The van der Waals surface area contributed by atoms with E-state index in [1.165, 1.54) is 40.7 Å². The summed E-state index contributed by atoms with van der Waals surface area (Å²) in [5.74, 6) is -1.35. The molecule has 0 saturated carbocycles. The summed E-state index contributed by atoms with van der Waals surface area (Å²) in [5.41, 5.74) is 1.67. The lowest BCUT2D eigenvalue weighted by molar-refractivity contribution is -0.125. The largest absolute Gasteiger partial charge is 0.442 e. The standard InChI is InChI=1S/C16H19FN4O4.C16H21FN4O3/c1-10(22)18-6-12-7-21(16(24)25-12)11-3-4-14(13(17)5-11)20-8-15(23)19(2)9-20;1-11(22)18-8-13-9-21(16(23)24-13)12-3-4-15(14(17)7-12)20-6-5-19(2)10-20/h3-5,12H,6-9H2,1-2H3,(H,18,22);3-4,7,13H,5-6,8-10H2,1-2H3,(H,18,22)/t12-;13-/m00/s1. The van der Waals surface area contributed by atoms with Gasteiger partial charge in [0.05, 0.1) is 68.8 Å². The minimum atomic E-state index is -0.585. The molecule has 4 aliphatic heterocycles. The smallest absolute Gasteiger partial charge is 0.414 e. The lowest BCUT2D eigenvalue weighted by Gasteiger charge is -2.20. The Morgan fingerprint density at radius 3 is 1.63 bits per heavy atom. The first kappa shape index (κ1) is 35.1. The first-order valence-electron chi connectivity index (χ1n) is 15.8. The number of amides is 5. The van der Waals surface area contributed by atoms with E-state index in [9.17, 15) is 32.8 Å². The Hall–Kier alpha value is -5.19. The maximum Gasteiger partial charge on any atom is 0.414 e. The Balaban J connectivity index is 0.000000191. The Kier molecular flexibility index (Phi) is 10.7. The molecule has 4 fully saturated rings. The van der Waals surface area contributed by atoms with Crippen LogP contribution in [0, 0.1) is 11.6 Å². The van der Waals surface area contributed by atoms with Gasteiger partial charge < -0.3 is 34.8 Å². The number of rotatable bonds is 8. The molecule has 0 radical (unpaired) electrons. The highest BCUT2D eigenvalue weighted by Gasteiger charge is 2.35. The molecule has 0 aliphatic carbocycles. The zero-order valence-electron chi connectivity index (χ0n) is 27.8. The van der Waals surface area contributed by atoms with Crippen molar-refractivity contribution in [2.45, 2.75) is 26.1 Å². The Morgan fingerprint density at radius 2 is 1.24 bits per heavy atom. The van der Waals surface area contributed by atoms with Gasteiger partial charge in [-0.25, -0.2) is 18.4 Å². The van der Waals surface area contributed by atoms with Crippen LogP contribution in [0.2, 0.25) is 0 Å². The van der Waals surface area contributed by atoms with E-state index in [4.69, 9.17) is 9.47 Å². The number of likely N-dealkylation sites (N-methyl/N-ethyl adjacent to an activating group) is 2. The van der Waals surface area contributed by atoms with Gasteiger partial charge in [0.2, 0.25) is 17.7 Å². The van der Waals surface area contributed by atoms with Gasteiger partial charge in [0.15, 0.2) is 0 Å². The normalized spacial score (nSPS) is 20.8. The molecule has 0 spiro atoms. The fourth-order valence-electron chi connectivity index (χ4n) is 5.78. The Bertz CT molecular complexity index is 1610. The van der Waals surface area contributed by atoms with Crippen LogP contribution in [0.15, 0.2) is 36.4 Å². The van der Waals surface area contributed by atoms with Crippen molar-refractivity contribution in [3.8, 4) is 0 Å². The second kappa shape index (κ2) is 14.9. The number of nitrogens with zero attached hydrogens (tertiary/aromatic N) is 6. The lowest BCUT2D eigenvalue weighted by Crippen LogP contribution is -2.33. The fourth-order valence-corrected chi connectivity index (χ4v) is 5.78. The predicted molar refractivity (Wildman–Crippen MR) is 175 cm³/mol. The molecule has 2 aromatic carbocycles. The van der Waals surface area contributed by atoms with Crippen LogP contribution in [0.4, 0.5) is 41.1 Å². The molecule has 0 unspecified atom stereocenters. The minimum absolute atomic E-state index is 0.0765. The van der Waals surface area contributed by atoms with E-state index in [0.29, 0.717) is 36.1 Å². The van der Waals surface area contributed by atoms with Crippen LogP contribution < -0.4 is 30.2 Å². The molecular formula is C32H40F2N8O7. The monoisotopic (exact) mass is 686 g/mol. The summed E-state index contributed by atoms with van der Waals surface area (Å²) in [7, 11) is 3.64. The highest BCUT2D eigenvalue weighted by atomic mass is 19.1. The van der Waals surface area contributed by atoms with Gasteiger partial charge >= 0.3 is 12.2 Å². The van der Waals surface area contributed by atoms with E-state index >= 15 is 0 Å². The number of carbonyl (C=O) groups excluding carboxylic acids is 5. The molecule has 6 rings (SSSR count). The number of ether oxygens (including phenoxy) is 2. The molecule has 4 aliphatic rings. The molecule has 17 heteroatoms. The molecule has 2 atom stereocenters. The zero-order valence-corrected chi connectivity index (χ0v) is 27.8. The van der Waals surface area contributed by atoms with Crippen LogP contribution in [0.25, 0.3) is 0 Å². The van der Waals surface area contributed by atoms with Crippen LogP contribution in [0.3, 0.4) is 0 Å². The summed E-state index contributed by atoms with van der Waals surface area (Å²) in [6.07, 6.45) is -2.03. The SMILES string of the molecule is CC(=O)NC[C@H]1CN(c2ccc(N3CC(=O)N(C)C3)c(F)c2)C(=O)O1.CC(=O)NC[C@H]1CN(c2ccc(N3CCN(C)C3)c(F)c2)C(=O)O1. The van der Waals surface area contributed by atoms with Gasteiger partial charge in [0, 0.05) is 34.0 Å². The average molecular weight is 687 g/mol. The summed E-state index contributed by atoms with van der Waals surface area (Å²) in [6, 6.07) is 9.18. The summed E-state index contributed by atoms with van der Waals surface area (Å²) in [5, 5.41) is 5.20. The van der Waals surface area contributed by atoms with Gasteiger partial charge in [-0.3, -0.25) is 29.1 Å². The molecule has 4 saturated heterocycles. The van der Waals surface area contributed by atoms with E-state index in [1.54, 1.807) is 36.2 Å². The maximum absolute atomic E-state index is 14.5. The molecule has 5 amide bonds. The average Bonchev–Trinajstić information content (AvgIpc) is 3.82. The number of benzene rings is 2. The first-order valence-corrected chi connectivity index (χ1v) is 15.8. The van der Waals surface area contributed by atoms with Crippen molar-refractivity contribution in [3.05, 3.63) is 48.0 Å². The van der Waals surface area contributed by atoms with Gasteiger partial charge in [-0.15, -0.1) is 0 Å². The maximum atomic E-state index is 14.5. The van der Waals surface area contributed by atoms with Gasteiger partial charge in [-0.05, 0) is 43.4 Å². The third-order valence-electron chi connectivity index (χ3n) is 8.37. The predicted octanol–water partition coefficient (Wildman–Crippen LogP) is 1.52. The third-order valence-corrected chi connectivity index (χ3v) is 8.37. The number of nitrogens with one attached hydrogen (secondary N) is 2. The second-order valence-electron chi connectivity index (χ2n) is 12.3. The molecule has 264 valence electrons. The molecular weight excluding hydrogens is 646 g/mol. The number of hydrogen-bond acceptors (Lipinski definition) is 10. The summed E-state index contributed by atoms with van der Waals surface area (Å²) >= 11 is 0. The van der Waals surface area contributed by atoms with E-state index in [0.717, 1.165) is 13.1 Å². The molecule has 49 heavy (non-hydrogen) atoms. The van der Waals surface area contributed by atoms with Crippen LogP contribution in [0.1, 0.15) is 13.8 Å². The zero-order chi connectivity index (χ0) is 35.4. The van der Waals surface area contributed by atoms with Gasteiger partial charge in [-0.2, -0.15) is 0 Å². The van der Waals surface area contributed by atoms with Crippen LogP contribution in [-0.4, -0.2) is 125 Å². The lowest BCUT2D eigenvalue weighted by atomic mass is 10.2. The highest BCUT2D eigenvalue weighted by Crippen LogP contribution is 2.30. The molecule has 0 aromatic heterocycles. The van der Waals surface area contributed by atoms with Crippen molar-refractivity contribution in [3.63, 3.8) is 0 Å². The topological polar surface area (TPSA) is 147 Å². The molecule has 0 bridgehead atoms. The summed E-state index contributed by atoms with van der Waals surface area (Å²) < 4.78 is 39.3. The Labute approximate surface area is 282 Å². The summed E-state index contributed by atoms with van der Waals surface area (Å²) in [4.78, 5) is 67.3. The van der Waals surface area contributed by atoms with Crippen molar-refractivity contribution >= 4 is 52.7 Å². The van der Waals surface area contributed by atoms with Crippen molar-refractivity contribution in [2.24, 2.45) is 0 Å². The quantitative estimate of drug-likeness (QED) is 0.419. The third kappa shape index (κ3) is 8.46. The van der Waals surface area contributed by atoms with E-state index in [2.05, 4.69) is 15.5 Å². The molecule has 15 nitrogen and oxygen atoms in total. The van der Waals surface area contributed by atoms with E-state index in [1.807, 2.05) is 11.9 Å². The first-order chi connectivity index (χ1) is 23.3. The fraction of sp³-hybridized carbons (Fsp3) is 0.469. The number of carbonyl (C=O) groups is 5. The van der Waals surface area contributed by atoms with Crippen LogP contribution in [0.5, 0.6) is 0 Å². The van der Waals surface area contributed by atoms with Gasteiger partial charge in [0.25, 0.3) is 0 Å². The van der Waals surface area contributed by atoms with Crippen molar-refractivity contribution in [1.82, 2.24) is 20.4 Å². The molecule has 4 heterocycles. The van der Waals surface area contributed by atoms with E-state index < -0.39 is 30.2 Å². The minimum Gasteiger partial charge on any atom is -0.442 e. The van der Waals surface area contributed by atoms with Crippen molar-refractivity contribution in [2.75, 3.05) is 92.8 Å². The van der Waals surface area contributed by atoms with Crippen molar-refractivity contribution < 1.29 is 42.2 Å². The van der Waals surface area contributed by atoms with E-state index in [-0.39, 0.29) is 56.3 Å². The van der Waals surface area contributed by atoms with Gasteiger partial charge in [0.1, 0.15) is 23.8 Å². The highest BCUT2D eigenvalue weighted by molar-refractivity contribution is 5.91. The number of anilines is 4. The van der Waals surface area contributed by atoms with Crippen LogP contribution in [-0.2, 0) is 23.9 Å².